The quantitative estimate of drug-likeness (QED) is 0.848. The number of carboxylic acid groups (broad SMARTS) is 1. The third kappa shape index (κ3) is 3.24. The highest BCUT2D eigenvalue weighted by atomic mass is 32.1. The molecule has 0 spiro atoms. The van der Waals surface area contributed by atoms with E-state index in [4.69, 9.17) is 5.11 Å². The van der Waals surface area contributed by atoms with E-state index in [0.29, 0.717) is 23.7 Å². The van der Waals surface area contributed by atoms with Gasteiger partial charge in [0.25, 0.3) is 5.91 Å². The summed E-state index contributed by atoms with van der Waals surface area (Å²) in [6, 6.07) is 3.60. The Hall–Kier alpha value is -2.15. The molecule has 0 fully saturated rings. The Morgan fingerprint density at radius 1 is 1.50 bits per heavy atom. The summed E-state index contributed by atoms with van der Waals surface area (Å²) in [5.41, 5.74) is 0.675. The smallest absolute Gasteiger partial charge is 0.355 e. The molecule has 0 atom stereocenters. The topological polar surface area (TPSA) is 84.2 Å². The molecule has 106 valence electrons. The summed E-state index contributed by atoms with van der Waals surface area (Å²) in [6.45, 7) is 3.14. The molecule has 7 heteroatoms. The van der Waals surface area contributed by atoms with Crippen LogP contribution < -0.4 is 5.32 Å². The molecule has 0 aliphatic carbocycles. The molecule has 0 aliphatic heterocycles. The van der Waals surface area contributed by atoms with Gasteiger partial charge in [0.05, 0.1) is 5.01 Å². The minimum absolute atomic E-state index is 0.0520. The maximum Gasteiger partial charge on any atom is 0.355 e. The van der Waals surface area contributed by atoms with Crippen molar-refractivity contribution in [2.75, 3.05) is 6.54 Å². The van der Waals surface area contributed by atoms with Crippen molar-refractivity contribution in [2.24, 2.45) is 0 Å². The number of aromatic nitrogens is 2. The van der Waals surface area contributed by atoms with Gasteiger partial charge in [-0.1, -0.05) is 0 Å². The standard InChI is InChI=1S/C13H15N3O3S/c1-2-16-7-3-4-10(16)12(17)14-6-5-11-15-9(8-20-11)13(18)19/h3-4,7-8H,2,5-6H2,1H3,(H,14,17)(H,18,19). The van der Waals surface area contributed by atoms with Crippen LogP contribution in [-0.4, -0.2) is 33.1 Å². The molecule has 0 saturated carbocycles. The van der Waals surface area contributed by atoms with Crippen LogP contribution in [0.25, 0.3) is 0 Å². The lowest BCUT2D eigenvalue weighted by atomic mass is 10.3. The number of aromatic carboxylic acids is 1. The molecule has 0 saturated heterocycles. The van der Waals surface area contributed by atoms with E-state index in [1.165, 1.54) is 16.7 Å². The number of aryl methyl sites for hydroxylation is 1. The van der Waals surface area contributed by atoms with Crippen LogP contribution in [0.5, 0.6) is 0 Å². The van der Waals surface area contributed by atoms with Gasteiger partial charge in [-0.2, -0.15) is 0 Å². The number of nitrogens with zero attached hydrogens (tertiary/aromatic N) is 2. The van der Waals surface area contributed by atoms with Gasteiger partial charge >= 0.3 is 5.97 Å². The predicted molar refractivity (Wildman–Crippen MR) is 75.2 cm³/mol. The van der Waals surface area contributed by atoms with Crippen molar-refractivity contribution in [1.29, 1.82) is 0 Å². The molecule has 2 N–H and O–H groups in total. The highest BCUT2D eigenvalue weighted by molar-refractivity contribution is 7.09. The molecule has 2 aromatic rings. The first-order valence-electron chi connectivity index (χ1n) is 6.23. The summed E-state index contributed by atoms with van der Waals surface area (Å²) in [4.78, 5) is 26.6. The van der Waals surface area contributed by atoms with E-state index in [2.05, 4.69) is 10.3 Å². The number of nitrogens with one attached hydrogen (secondary N) is 1. The summed E-state index contributed by atoms with van der Waals surface area (Å²) in [5.74, 6) is -1.16. The first-order chi connectivity index (χ1) is 9.61. The number of carbonyl (C=O) groups excluding carboxylic acids is 1. The van der Waals surface area contributed by atoms with Crippen molar-refractivity contribution in [1.82, 2.24) is 14.9 Å². The van der Waals surface area contributed by atoms with Crippen molar-refractivity contribution >= 4 is 23.2 Å². The number of rotatable bonds is 6. The fraction of sp³-hybridized carbons (Fsp3) is 0.308. The van der Waals surface area contributed by atoms with Gasteiger partial charge in [0, 0.05) is 31.1 Å². The largest absolute Gasteiger partial charge is 0.476 e. The van der Waals surface area contributed by atoms with Crippen molar-refractivity contribution in [3.63, 3.8) is 0 Å². The second-order valence-corrected chi connectivity index (χ2v) is 5.06. The van der Waals surface area contributed by atoms with Gasteiger partial charge in [0.1, 0.15) is 5.69 Å². The van der Waals surface area contributed by atoms with Gasteiger partial charge in [0.15, 0.2) is 5.69 Å². The Kier molecular flexibility index (Phi) is 4.52. The van der Waals surface area contributed by atoms with Crippen LogP contribution in [0, 0.1) is 0 Å². The van der Waals surface area contributed by atoms with Crippen LogP contribution in [0.15, 0.2) is 23.7 Å². The Labute approximate surface area is 120 Å². The van der Waals surface area contributed by atoms with Crippen LogP contribution in [0.4, 0.5) is 0 Å². The lowest BCUT2D eigenvalue weighted by Gasteiger charge is -2.06. The minimum Gasteiger partial charge on any atom is -0.476 e. The number of hydrogen-bond donors (Lipinski definition) is 2. The number of thiazole rings is 1. The molecule has 0 radical (unpaired) electrons. The average molecular weight is 293 g/mol. The molecule has 6 nitrogen and oxygen atoms in total. The van der Waals surface area contributed by atoms with Gasteiger partial charge in [-0.05, 0) is 19.1 Å². The monoisotopic (exact) mass is 293 g/mol. The maximum atomic E-state index is 11.9. The molecular weight excluding hydrogens is 278 g/mol. The number of amides is 1. The Morgan fingerprint density at radius 2 is 2.30 bits per heavy atom. The van der Waals surface area contributed by atoms with Gasteiger partial charge in [-0.25, -0.2) is 9.78 Å². The molecule has 0 unspecified atom stereocenters. The molecule has 0 aliphatic rings. The summed E-state index contributed by atoms with van der Waals surface area (Å²) >= 11 is 1.29. The third-order valence-electron chi connectivity index (χ3n) is 2.80. The van der Waals surface area contributed by atoms with E-state index in [9.17, 15) is 9.59 Å². The Balaban J connectivity index is 1.86. The van der Waals surface area contributed by atoms with Crippen molar-refractivity contribution in [2.45, 2.75) is 19.9 Å². The summed E-state index contributed by atoms with van der Waals surface area (Å²) in [7, 11) is 0. The first-order valence-corrected chi connectivity index (χ1v) is 7.10. The van der Waals surface area contributed by atoms with Crippen molar-refractivity contribution < 1.29 is 14.7 Å². The van der Waals surface area contributed by atoms with Gasteiger partial charge < -0.3 is 15.0 Å². The fourth-order valence-electron chi connectivity index (χ4n) is 1.79. The fourth-order valence-corrected chi connectivity index (χ4v) is 2.57. The van der Waals surface area contributed by atoms with Gasteiger partial charge in [0.2, 0.25) is 0 Å². The zero-order valence-electron chi connectivity index (χ0n) is 11.0. The second-order valence-electron chi connectivity index (χ2n) is 4.12. The Bertz CT molecular complexity index is 618. The number of hydrogen-bond acceptors (Lipinski definition) is 4. The number of carbonyl (C=O) groups is 2. The van der Waals surface area contributed by atoms with Crippen LogP contribution in [0.2, 0.25) is 0 Å². The lowest BCUT2D eigenvalue weighted by molar-refractivity contribution is 0.0690. The molecule has 0 bridgehead atoms. The van der Waals surface area contributed by atoms with E-state index < -0.39 is 5.97 Å². The average Bonchev–Trinajstić information content (AvgIpc) is 3.07. The minimum atomic E-state index is -1.03. The van der Waals surface area contributed by atoms with E-state index in [1.807, 2.05) is 23.8 Å². The highest BCUT2D eigenvalue weighted by Crippen LogP contribution is 2.10. The number of carboxylic acids is 1. The molecule has 2 rings (SSSR count). The van der Waals surface area contributed by atoms with Crippen LogP contribution in [0.3, 0.4) is 0 Å². The maximum absolute atomic E-state index is 11.9. The lowest BCUT2D eigenvalue weighted by Crippen LogP contribution is -2.27. The van der Waals surface area contributed by atoms with E-state index >= 15 is 0 Å². The summed E-state index contributed by atoms with van der Waals surface area (Å²) in [6.07, 6.45) is 2.38. The van der Waals surface area contributed by atoms with Crippen molar-refractivity contribution in [3.8, 4) is 0 Å². The molecule has 20 heavy (non-hydrogen) atoms. The zero-order valence-corrected chi connectivity index (χ0v) is 11.8. The van der Waals surface area contributed by atoms with Gasteiger partial charge in [-0.15, -0.1) is 11.3 Å². The highest BCUT2D eigenvalue weighted by Gasteiger charge is 2.11. The van der Waals surface area contributed by atoms with Crippen LogP contribution in [0.1, 0.15) is 32.9 Å². The zero-order chi connectivity index (χ0) is 14.5. The molecule has 1 amide bonds. The van der Waals surface area contributed by atoms with E-state index in [1.54, 1.807) is 6.07 Å². The molecule has 0 aromatic carbocycles. The summed E-state index contributed by atoms with van der Waals surface area (Å²) in [5, 5.41) is 13.8. The van der Waals surface area contributed by atoms with Gasteiger partial charge in [-0.3, -0.25) is 4.79 Å². The predicted octanol–water partition coefficient (Wildman–Crippen LogP) is 1.64. The second kappa shape index (κ2) is 6.33. The van der Waals surface area contributed by atoms with Crippen LogP contribution >= 0.6 is 11.3 Å². The first kappa shape index (κ1) is 14.3. The van der Waals surface area contributed by atoms with E-state index in [0.717, 1.165) is 6.54 Å². The SMILES string of the molecule is CCn1cccc1C(=O)NCCc1nc(C(=O)O)cs1. The Morgan fingerprint density at radius 3 is 2.95 bits per heavy atom. The van der Waals surface area contributed by atoms with Crippen LogP contribution in [-0.2, 0) is 13.0 Å². The molecule has 2 heterocycles. The van der Waals surface area contributed by atoms with E-state index in [-0.39, 0.29) is 11.6 Å². The van der Waals surface area contributed by atoms with Crippen molar-refractivity contribution in [3.05, 3.63) is 40.1 Å². The molecular formula is C13H15N3O3S. The summed E-state index contributed by atoms with van der Waals surface area (Å²) < 4.78 is 1.86. The molecule has 2 aromatic heterocycles. The normalized spacial score (nSPS) is 10.4. The third-order valence-corrected chi connectivity index (χ3v) is 3.71.